The van der Waals surface area contributed by atoms with Crippen molar-refractivity contribution in [3.05, 3.63) is 64.8 Å². The van der Waals surface area contributed by atoms with E-state index in [-0.39, 0.29) is 10.8 Å². The van der Waals surface area contributed by atoms with Crippen molar-refractivity contribution in [2.75, 3.05) is 9.80 Å². The predicted molar refractivity (Wildman–Crippen MR) is 119 cm³/mol. The molecule has 1 heterocycles. The molecule has 1 aliphatic heterocycles. The predicted octanol–water partition coefficient (Wildman–Crippen LogP) is 6.65. The number of hydrogen-bond acceptors (Lipinski definition) is 2. The third-order valence-corrected chi connectivity index (χ3v) is 5.79. The van der Waals surface area contributed by atoms with E-state index in [0.717, 1.165) is 29.9 Å². The number of anilines is 2. The summed E-state index contributed by atoms with van der Waals surface area (Å²) in [6, 6.07) is 7.59. The van der Waals surface area contributed by atoms with E-state index in [0.29, 0.717) is 17.7 Å². The smallest absolute Gasteiger partial charge is 0.303 e. The Hall–Kier alpha value is -2.99. The summed E-state index contributed by atoms with van der Waals surface area (Å²) in [5.74, 6) is -0.983. The maximum absolute atomic E-state index is 14.7. The van der Waals surface area contributed by atoms with Gasteiger partial charge >= 0.3 is 6.18 Å². The first-order chi connectivity index (χ1) is 14.9. The SMILES string of the molecule is [C-]#[N+]c1ccc(N2C(=O)C(C)(C)N(c3ccc(CCCC)c(F)c3)C2=S)cc1C(F)(F)F. The Bertz CT molecular complexity index is 1120. The molecule has 1 amide bonds. The second kappa shape index (κ2) is 8.51. The highest BCUT2D eigenvalue weighted by Gasteiger charge is 2.50. The Kier molecular flexibility index (Phi) is 6.29. The molecular weight excluding hydrogens is 442 g/mol. The molecule has 0 N–H and O–H groups in total. The minimum absolute atomic E-state index is 0.0654. The summed E-state index contributed by atoms with van der Waals surface area (Å²) in [5.41, 5.74) is -2.20. The molecule has 1 aliphatic rings. The summed E-state index contributed by atoms with van der Waals surface area (Å²) in [6.45, 7) is 12.1. The third-order valence-electron chi connectivity index (χ3n) is 5.43. The molecule has 0 unspecified atom stereocenters. The summed E-state index contributed by atoms with van der Waals surface area (Å²) in [6.07, 6.45) is -2.44. The molecule has 2 aromatic rings. The Morgan fingerprint density at radius 2 is 1.78 bits per heavy atom. The lowest BCUT2D eigenvalue weighted by Gasteiger charge is -2.29. The second-order valence-electron chi connectivity index (χ2n) is 8.01. The van der Waals surface area contributed by atoms with Gasteiger partial charge in [-0.3, -0.25) is 9.69 Å². The Labute approximate surface area is 189 Å². The van der Waals surface area contributed by atoms with Gasteiger partial charge in [-0.25, -0.2) is 9.24 Å². The molecule has 2 aromatic carbocycles. The average molecular weight is 464 g/mol. The van der Waals surface area contributed by atoms with Crippen LogP contribution in [0.25, 0.3) is 4.85 Å². The van der Waals surface area contributed by atoms with E-state index in [1.165, 1.54) is 17.0 Å². The van der Waals surface area contributed by atoms with Gasteiger partial charge in [-0.15, -0.1) is 0 Å². The molecule has 3 rings (SSSR count). The fourth-order valence-electron chi connectivity index (χ4n) is 3.69. The molecule has 0 aromatic heterocycles. The zero-order valence-corrected chi connectivity index (χ0v) is 18.6. The van der Waals surface area contributed by atoms with Gasteiger partial charge < -0.3 is 4.90 Å². The first kappa shape index (κ1) is 23.7. The largest absolute Gasteiger partial charge is 0.407 e. The van der Waals surface area contributed by atoms with Crippen LogP contribution in [-0.4, -0.2) is 16.6 Å². The number of carbonyl (C=O) groups excluding carboxylic acids is 1. The molecule has 4 nitrogen and oxygen atoms in total. The highest BCUT2D eigenvalue weighted by molar-refractivity contribution is 7.81. The Morgan fingerprint density at radius 1 is 1.12 bits per heavy atom. The number of thiocarbonyl (C=S) groups is 1. The molecular formula is C23H21F4N3OS. The lowest BCUT2D eigenvalue weighted by Crippen LogP contribution is -2.44. The maximum Gasteiger partial charge on any atom is 0.407 e. The Morgan fingerprint density at radius 3 is 2.34 bits per heavy atom. The van der Waals surface area contributed by atoms with Gasteiger partial charge in [0.1, 0.15) is 11.4 Å². The van der Waals surface area contributed by atoms with E-state index in [9.17, 15) is 22.4 Å². The quantitative estimate of drug-likeness (QED) is 0.282. The average Bonchev–Trinajstić information content (AvgIpc) is 2.90. The van der Waals surface area contributed by atoms with Crippen molar-refractivity contribution in [3.63, 3.8) is 0 Å². The van der Waals surface area contributed by atoms with Crippen LogP contribution < -0.4 is 9.80 Å². The minimum Gasteiger partial charge on any atom is -0.303 e. The van der Waals surface area contributed by atoms with E-state index < -0.39 is 34.7 Å². The molecule has 0 atom stereocenters. The van der Waals surface area contributed by atoms with Gasteiger partial charge in [0.05, 0.1) is 12.1 Å². The number of alkyl halides is 3. The van der Waals surface area contributed by atoms with Crippen LogP contribution in [0.4, 0.5) is 34.6 Å². The lowest BCUT2D eigenvalue weighted by atomic mass is 10.0. The van der Waals surface area contributed by atoms with Crippen molar-refractivity contribution in [3.8, 4) is 0 Å². The van der Waals surface area contributed by atoms with Crippen LogP contribution >= 0.6 is 12.2 Å². The van der Waals surface area contributed by atoms with E-state index in [2.05, 4.69) is 4.85 Å². The lowest BCUT2D eigenvalue weighted by molar-refractivity contribution is -0.136. The Balaban J connectivity index is 2.05. The van der Waals surface area contributed by atoms with Crippen molar-refractivity contribution >= 4 is 40.3 Å². The van der Waals surface area contributed by atoms with E-state index in [4.69, 9.17) is 18.8 Å². The number of benzene rings is 2. The molecule has 0 saturated carbocycles. The molecule has 1 saturated heterocycles. The highest BCUT2D eigenvalue weighted by atomic mass is 32.1. The van der Waals surface area contributed by atoms with Crippen molar-refractivity contribution in [2.24, 2.45) is 0 Å². The van der Waals surface area contributed by atoms with Crippen molar-refractivity contribution in [1.29, 1.82) is 0 Å². The fraction of sp³-hybridized carbons (Fsp3) is 0.348. The highest BCUT2D eigenvalue weighted by Crippen LogP contribution is 2.42. The van der Waals surface area contributed by atoms with Gasteiger partial charge in [-0.1, -0.05) is 25.5 Å². The number of halogens is 4. The molecule has 0 aliphatic carbocycles. The van der Waals surface area contributed by atoms with Crippen LogP contribution in [-0.2, 0) is 17.4 Å². The summed E-state index contributed by atoms with van der Waals surface area (Å²) >= 11 is 5.46. The first-order valence-corrected chi connectivity index (χ1v) is 10.4. The van der Waals surface area contributed by atoms with E-state index in [1.54, 1.807) is 26.0 Å². The van der Waals surface area contributed by atoms with Gasteiger partial charge in [0, 0.05) is 11.4 Å². The van der Waals surface area contributed by atoms with Gasteiger partial charge in [0.2, 0.25) is 0 Å². The van der Waals surface area contributed by atoms with Crippen LogP contribution in [0, 0.1) is 12.4 Å². The van der Waals surface area contributed by atoms with E-state index >= 15 is 0 Å². The molecule has 0 spiro atoms. The van der Waals surface area contributed by atoms with E-state index in [1.807, 2.05) is 6.92 Å². The summed E-state index contributed by atoms with van der Waals surface area (Å²) in [5, 5.41) is -0.0654. The topological polar surface area (TPSA) is 27.9 Å². The number of amides is 1. The normalized spacial score (nSPS) is 15.9. The first-order valence-electron chi connectivity index (χ1n) is 9.99. The van der Waals surface area contributed by atoms with Gasteiger partial charge in [0.25, 0.3) is 5.91 Å². The van der Waals surface area contributed by atoms with Gasteiger partial charge in [-0.2, -0.15) is 13.2 Å². The maximum atomic E-state index is 14.7. The number of rotatable bonds is 5. The number of carbonyl (C=O) groups is 1. The zero-order chi connectivity index (χ0) is 23.8. The molecule has 0 bridgehead atoms. The van der Waals surface area contributed by atoms with Crippen LogP contribution in [0.5, 0.6) is 0 Å². The molecule has 9 heteroatoms. The van der Waals surface area contributed by atoms with Gasteiger partial charge in [-0.05, 0) is 68.7 Å². The molecule has 1 fully saturated rings. The standard InChI is InChI=1S/C23H21F4N3OS/c1-5-6-7-14-8-9-16(13-18(14)24)30-21(32)29(20(31)22(30,2)3)15-10-11-19(28-4)17(12-15)23(25,26)27/h8-13H,5-7H2,1-3H3. The monoisotopic (exact) mass is 463 g/mol. The fourth-order valence-corrected chi connectivity index (χ4v) is 4.21. The van der Waals surface area contributed by atoms with Crippen molar-refractivity contribution < 1.29 is 22.4 Å². The molecule has 0 radical (unpaired) electrons. The number of unbranched alkanes of at least 4 members (excludes halogenated alkanes) is 1. The number of hydrogen-bond donors (Lipinski definition) is 0. The second-order valence-corrected chi connectivity index (χ2v) is 8.37. The minimum atomic E-state index is -4.77. The van der Waals surface area contributed by atoms with Crippen molar-refractivity contribution in [1.82, 2.24) is 0 Å². The molecule has 32 heavy (non-hydrogen) atoms. The number of aryl methyl sites for hydroxylation is 1. The summed E-state index contributed by atoms with van der Waals surface area (Å²) in [7, 11) is 0. The zero-order valence-electron chi connectivity index (χ0n) is 17.8. The number of nitrogens with zero attached hydrogens (tertiary/aromatic N) is 3. The van der Waals surface area contributed by atoms with Crippen LogP contribution in [0.2, 0.25) is 0 Å². The summed E-state index contributed by atoms with van der Waals surface area (Å²) in [4.78, 5) is 18.5. The van der Waals surface area contributed by atoms with Gasteiger partial charge in [0.15, 0.2) is 10.8 Å². The van der Waals surface area contributed by atoms with Crippen LogP contribution in [0.3, 0.4) is 0 Å². The van der Waals surface area contributed by atoms with Crippen LogP contribution in [0.1, 0.15) is 44.7 Å². The third kappa shape index (κ3) is 4.07. The molecule has 168 valence electrons. The van der Waals surface area contributed by atoms with Crippen LogP contribution in [0.15, 0.2) is 36.4 Å². The van der Waals surface area contributed by atoms with Crippen molar-refractivity contribution in [2.45, 2.75) is 51.7 Å². The summed E-state index contributed by atoms with van der Waals surface area (Å²) < 4.78 is 55.0.